The summed E-state index contributed by atoms with van der Waals surface area (Å²) in [5.74, 6) is 1.54. The SMILES string of the molecule is CO/N=C/C1CCCC(C)C1. The summed E-state index contributed by atoms with van der Waals surface area (Å²) in [5.41, 5.74) is 0. The molecule has 0 saturated heterocycles. The first kappa shape index (κ1) is 8.57. The lowest BCUT2D eigenvalue weighted by atomic mass is 9.83. The van der Waals surface area contributed by atoms with E-state index in [4.69, 9.17) is 0 Å². The molecule has 64 valence electrons. The van der Waals surface area contributed by atoms with Crippen LogP contribution in [0.2, 0.25) is 0 Å². The monoisotopic (exact) mass is 155 g/mol. The Morgan fingerprint density at radius 3 is 2.91 bits per heavy atom. The van der Waals surface area contributed by atoms with Crippen molar-refractivity contribution in [2.24, 2.45) is 17.0 Å². The van der Waals surface area contributed by atoms with Gasteiger partial charge >= 0.3 is 0 Å². The summed E-state index contributed by atoms with van der Waals surface area (Å²) in [7, 11) is 1.60. The van der Waals surface area contributed by atoms with E-state index in [2.05, 4.69) is 16.9 Å². The maximum Gasteiger partial charge on any atom is 0.106 e. The highest BCUT2D eigenvalue weighted by Crippen LogP contribution is 2.27. The molecule has 0 spiro atoms. The summed E-state index contributed by atoms with van der Waals surface area (Å²) in [6.07, 6.45) is 7.26. The van der Waals surface area contributed by atoms with Gasteiger partial charge < -0.3 is 4.84 Å². The molecule has 0 aliphatic heterocycles. The molecule has 0 aromatic carbocycles. The van der Waals surface area contributed by atoms with E-state index in [-0.39, 0.29) is 0 Å². The fourth-order valence-corrected chi connectivity index (χ4v) is 1.76. The van der Waals surface area contributed by atoms with Gasteiger partial charge in [-0.15, -0.1) is 0 Å². The van der Waals surface area contributed by atoms with Gasteiger partial charge in [0.25, 0.3) is 0 Å². The predicted octanol–water partition coefficient (Wildman–Crippen LogP) is 2.44. The van der Waals surface area contributed by atoms with Gasteiger partial charge in [-0.3, -0.25) is 0 Å². The van der Waals surface area contributed by atoms with Crippen LogP contribution in [-0.2, 0) is 4.84 Å². The second-order valence-electron chi connectivity index (χ2n) is 3.47. The van der Waals surface area contributed by atoms with Gasteiger partial charge in [-0.05, 0) is 24.7 Å². The standard InChI is InChI=1S/C9H17NO/c1-8-4-3-5-9(6-8)7-10-11-2/h7-9H,3-6H2,1-2H3/b10-7+. The average molecular weight is 155 g/mol. The van der Waals surface area contributed by atoms with Crippen LogP contribution in [0.3, 0.4) is 0 Å². The van der Waals surface area contributed by atoms with Crippen LogP contribution >= 0.6 is 0 Å². The number of hydrogen-bond acceptors (Lipinski definition) is 2. The first-order valence-electron chi connectivity index (χ1n) is 4.39. The molecule has 1 fully saturated rings. The molecule has 11 heavy (non-hydrogen) atoms. The zero-order valence-electron chi connectivity index (χ0n) is 7.42. The Morgan fingerprint density at radius 1 is 1.45 bits per heavy atom. The molecule has 2 heteroatoms. The van der Waals surface area contributed by atoms with Crippen molar-refractivity contribution in [3.63, 3.8) is 0 Å². The molecular weight excluding hydrogens is 138 g/mol. The summed E-state index contributed by atoms with van der Waals surface area (Å²) < 4.78 is 0. The molecule has 0 bridgehead atoms. The summed E-state index contributed by atoms with van der Waals surface area (Å²) in [4.78, 5) is 4.65. The molecule has 1 aliphatic carbocycles. The molecule has 0 N–H and O–H groups in total. The number of oxime groups is 1. The van der Waals surface area contributed by atoms with Gasteiger partial charge in [0.2, 0.25) is 0 Å². The van der Waals surface area contributed by atoms with Gasteiger partial charge in [-0.2, -0.15) is 0 Å². The van der Waals surface area contributed by atoms with Gasteiger partial charge in [0, 0.05) is 6.21 Å². The largest absolute Gasteiger partial charge is 0.399 e. The van der Waals surface area contributed by atoms with E-state index in [0.29, 0.717) is 5.92 Å². The highest BCUT2D eigenvalue weighted by molar-refractivity contribution is 5.59. The van der Waals surface area contributed by atoms with Crippen molar-refractivity contribution in [3.8, 4) is 0 Å². The molecular formula is C9H17NO. The normalized spacial score (nSPS) is 32.5. The van der Waals surface area contributed by atoms with Crippen molar-refractivity contribution < 1.29 is 4.84 Å². The van der Waals surface area contributed by atoms with Crippen LogP contribution in [0.15, 0.2) is 5.16 Å². The minimum absolute atomic E-state index is 0.665. The zero-order valence-corrected chi connectivity index (χ0v) is 7.42. The Hall–Kier alpha value is -0.530. The van der Waals surface area contributed by atoms with E-state index in [1.165, 1.54) is 25.7 Å². The Labute approximate surface area is 68.6 Å². The molecule has 0 amide bonds. The van der Waals surface area contributed by atoms with Gasteiger partial charge in [0.1, 0.15) is 7.11 Å². The highest BCUT2D eigenvalue weighted by Gasteiger charge is 2.16. The van der Waals surface area contributed by atoms with Crippen LogP contribution in [0.5, 0.6) is 0 Å². The van der Waals surface area contributed by atoms with E-state index in [9.17, 15) is 0 Å². The van der Waals surface area contributed by atoms with Gasteiger partial charge in [0.15, 0.2) is 0 Å². The molecule has 0 aromatic rings. The van der Waals surface area contributed by atoms with E-state index < -0.39 is 0 Å². The van der Waals surface area contributed by atoms with Crippen LogP contribution < -0.4 is 0 Å². The van der Waals surface area contributed by atoms with Gasteiger partial charge in [-0.25, -0.2) is 0 Å². The fourth-order valence-electron chi connectivity index (χ4n) is 1.76. The first-order chi connectivity index (χ1) is 5.33. The summed E-state index contributed by atoms with van der Waals surface area (Å²) in [6.45, 7) is 2.31. The molecule has 1 rings (SSSR count). The molecule has 1 aliphatic rings. The van der Waals surface area contributed by atoms with E-state index >= 15 is 0 Å². The third-order valence-corrected chi connectivity index (χ3v) is 2.35. The minimum atomic E-state index is 0.665. The lowest BCUT2D eigenvalue weighted by molar-refractivity contribution is 0.211. The maximum atomic E-state index is 4.65. The topological polar surface area (TPSA) is 21.6 Å². The fraction of sp³-hybridized carbons (Fsp3) is 0.889. The number of rotatable bonds is 2. The second-order valence-corrected chi connectivity index (χ2v) is 3.47. The third-order valence-electron chi connectivity index (χ3n) is 2.35. The molecule has 1 saturated carbocycles. The molecule has 0 heterocycles. The Kier molecular flexibility index (Phi) is 3.40. The van der Waals surface area contributed by atoms with Crippen LogP contribution in [0.25, 0.3) is 0 Å². The second kappa shape index (κ2) is 4.37. The van der Waals surface area contributed by atoms with Crippen LogP contribution in [-0.4, -0.2) is 13.3 Å². The summed E-state index contributed by atoms with van der Waals surface area (Å²) in [6, 6.07) is 0. The molecule has 0 radical (unpaired) electrons. The molecule has 2 nitrogen and oxygen atoms in total. The minimum Gasteiger partial charge on any atom is -0.399 e. The van der Waals surface area contributed by atoms with Gasteiger partial charge in [-0.1, -0.05) is 24.9 Å². The molecule has 0 aromatic heterocycles. The summed E-state index contributed by atoms with van der Waals surface area (Å²) >= 11 is 0. The Bertz CT molecular complexity index is 134. The highest BCUT2D eigenvalue weighted by atomic mass is 16.6. The quantitative estimate of drug-likeness (QED) is 0.443. The van der Waals surface area contributed by atoms with Crippen molar-refractivity contribution in [3.05, 3.63) is 0 Å². The Morgan fingerprint density at radius 2 is 2.27 bits per heavy atom. The number of nitrogens with zero attached hydrogens (tertiary/aromatic N) is 1. The average Bonchev–Trinajstić information content (AvgIpc) is 2.01. The van der Waals surface area contributed by atoms with E-state index in [1.54, 1.807) is 7.11 Å². The zero-order chi connectivity index (χ0) is 8.10. The maximum absolute atomic E-state index is 4.65. The van der Waals surface area contributed by atoms with Gasteiger partial charge in [0.05, 0.1) is 0 Å². The summed E-state index contributed by atoms with van der Waals surface area (Å²) in [5, 5.41) is 3.80. The van der Waals surface area contributed by atoms with Crippen LogP contribution in [0.4, 0.5) is 0 Å². The van der Waals surface area contributed by atoms with E-state index in [0.717, 1.165) is 5.92 Å². The predicted molar refractivity (Wildman–Crippen MR) is 46.6 cm³/mol. The van der Waals surface area contributed by atoms with Crippen molar-refractivity contribution in [1.29, 1.82) is 0 Å². The lowest BCUT2D eigenvalue weighted by Crippen LogP contribution is -2.14. The van der Waals surface area contributed by atoms with E-state index in [1.807, 2.05) is 6.21 Å². The smallest absolute Gasteiger partial charge is 0.106 e. The van der Waals surface area contributed by atoms with Crippen molar-refractivity contribution in [2.75, 3.05) is 7.11 Å². The van der Waals surface area contributed by atoms with Crippen molar-refractivity contribution in [1.82, 2.24) is 0 Å². The first-order valence-corrected chi connectivity index (χ1v) is 4.39. The van der Waals surface area contributed by atoms with Crippen molar-refractivity contribution in [2.45, 2.75) is 32.6 Å². The lowest BCUT2D eigenvalue weighted by Gasteiger charge is -2.22. The molecule has 2 atom stereocenters. The third kappa shape index (κ3) is 2.91. The number of hydrogen-bond donors (Lipinski definition) is 0. The van der Waals surface area contributed by atoms with Crippen molar-refractivity contribution >= 4 is 6.21 Å². The van der Waals surface area contributed by atoms with Crippen LogP contribution in [0.1, 0.15) is 32.6 Å². The Balaban J connectivity index is 2.28. The van der Waals surface area contributed by atoms with Crippen LogP contribution in [0, 0.1) is 11.8 Å². The molecule has 2 unspecified atom stereocenters.